The second kappa shape index (κ2) is 4.26. The van der Waals surface area contributed by atoms with Gasteiger partial charge in [-0.1, -0.05) is 0 Å². The Morgan fingerprint density at radius 3 is 2.86 bits per heavy atom. The van der Waals surface area contributed by atoms with E-state index in [9.17, 15) is 9.59 Å². The molecule has 78 valence electrons. The van der Waals surface area contributed by atoms with E-state index in [-0.39, 0.29) is 18.4 Å². The van der Waals surface area contributed by atoms with Crippen LogP contribution in [0.4, 0.5) is 0 Å². The third kappa shape index (κ3) is 2.87. The van der Waals surface area contributed by atoms with E-state index in [0.29, 0.717) is 13.0 Å². The van der Waals surface area contributed by atoms with Gasteiger partial charge in [0.1, 0.15) is 5.60 Å². The summed E-state index contributed by atoms with van der Waals surface area (Å²) in [6, 6.07) is 0. The lowest BCUT2D eigenvalue weighted by Gasteiger charge is -2.20. The lowest BCUT2D eigenvalue weighted by Crippen LogP contribution is -2.25. The fourth-order valence-corrected chi connectivity index (χ4v) is 1.26. The molecule has 0 radical (unpaired) electrons. The SMILES string of the molecule is CCOC(=O)CCC1(C)C=CC(=O)O1. The number of hydrogen-bond acceptors (Lipinski definition) is 4. The Morgan fingerprint density at radius 2 is 2.36 bits per heavy atom. The monoisotopic (exact) mass is 198 g/mol. The number of carbonyl (C=O) groups is 2. The molecule has 1 unspecified atom stereocenters. The van der Waals surface area contributed by atoms with Crippen LogP contribution in [0.3, 0.4) is 0 Å². The number of carbonyl (C=O) groups excluding carboxylic acids is 2. The fraction of sp³-hybridized carbons (Fsp3) is 0.600. The Hall–Kier alpha value is -1.32. The average molecular weight is 198 g/mol. The van der Waals surface area contributed by atoms with Crippen LogP contribution in [0.25, 0.3) is 0 Å². The third-order valence-corrected chi connectivity index (χ3v) is 2.04. The highest BCUT2D eigenvalue weighted by molar-refractivity contribution is 5.85. The Kier molecular flexibility index (Phi) is 3.28. The van der Waals surface area contributed by atoms with E-state index >= 15 is 0 Å². The number of hydrogen-bond donors (Lipinski definition) is 0. The molecule has 1 heterocycles. The minimum absolute atomic E-state index is 0.259. The second-order valence-electron chi connectivity index (χ2n) is 3.37. The highest BCUT2D eigenvalue weighted by Crippen LogP contribution is 2.24. The van der Waals surface area contributed by atoms with E-state index in [1.807, 2.05) is 0 Å². The van der Waals surface area contributed by atoms with Crippen molar-refractivity contribution in [1.82, 2.24) is 0 Å². The summed E-state index contributed by atoms with van der Waals surface area (Å²) in [5.74, 6) is -0.610. The van der Waals surface area contributed by atoms with Crippen LogP contribution in [-0.4, -0.2) is 24.1 Å². The zero-order valence-corrected chi connectivity index (χ0v) is 8.41. The number of cyclic esters (lactones) is 1. The quantitative estimate of drug-likeness (QED) is 0.637. The predicted molar refractivity (Wildman–Crippen MR) is 49.5 cm³/mol. The van der Waals surface area contributed by atoms with Crippen LogP contribution in [0.15, 0.2) is 12.2 Å². The Bertz CT molecular complexity index is 269. The van der Waals surface area contributed by atoms with E-state index in [2.05, 4.69) is 0 Å². The molecule has 0 aromatic heterocycles. The molecule has 0 aromatic carbocycles. The first-order valence-corrected chi connectivity index (χ1v) is 4.63. The first kappa shape index (κ1) is 10.8. The van der Waals surface area contributed by atoms with Gasteiger partial charge in [-0.05, 0) is 19.9 Å². The molecule has 14 heavy (non-hydrogen) atoms. The summed E-state index contributed by atoms with van der Waals surface area (Å²) in [7, 11) is 0. The number of esters is 2. The molecular weight excluding hydrogens is 184 g/mol. The molecule has 4 heteroatoms. The Labute approximate surface area is 82.9 Å². The number of ether oxygens (including phenoxy) is 2. The van der Waals surface area contributed by atoms with Gasteiger partial charge >= 0.3 is 11.9 Å². The minimum Gasteiger partial charge on any atom is -0.466 e. The molecule has 1 atom stereocenters. The largest absolute Gasteiger partial charge is 0.466 e. The summed E-state index contributed by atoms with van der Waals surface area (Å²) in [6.07, 6.45) is 3.79. The van der Waals surface area contributed by atoms with E-state index in [1.165, 1.54) is 6.08 Å². The predicted octanol–water partition coefficient (Wildman–Crippen LogP) is 1.20. The van der Waals surface area contributed by atoms with Crippen molar-refractivity contribution >= 4 is 11.9 Å². The third-order valence-electron chi connectivity index (χ3n) is 2.04. The first-order valence-electron chi connectivity index (χ1n) is 4.63. The molecule has 1 aliphatic heterocycles. The molecule has 1 rings (SSSR count). The molecule has 4 nitrogen and oxygen atoms in total. The van der Waals surface area contributed by atoms with Crippen molar-refractivity contribution in [3.63, 3.8) is 0 Å². The summed E-state index contributed by atoms with van der Waals surface area (Å²) < 4.78 is 9.79. The molecule has 0 aliphatic carbocycles. The Balaban J connectivity index is 2.34. The Morgan fingerprint density at radius 1 is 1.64 bits per heavy atom. The molecule has 0 bridgehead atoms. The zero-order valence-electron chi connectivity index (χ0n) is 8.41. The van der Waals surface area contributed by atoms with Crippen LogP contribution in [0.1, 0.15) is 26.7 Å². The van der Waals surface area contributed by atoms with Crippen LogP contribution < -0.4 is 0 Å². The summed E-state index contributed by atoms with van der Waals surface area (Å²) in [5.41, 5.74) is -0.635. The van der Waals surface area contributed by atoms with Crippen molar-refractivity contribution in [2.75, 3.05) is 6.61 Å². The van der Waals surface area contributed by atoms with Crippen LogP contribution in [0.2, 0.25) is 0 Å². The van der Waals surface area contributed by atoms with Gasteiger partial charge in [0, 0.05) is 18.9 Å². The summed E-state index contributed by atoms with van der Waals surface area (Å²) in [4.78, 5) is 21.8. The molecule has 1 aliphatic rings. The molecule has 0 aromatic rings. The van der Waals surface area contributed by atoms with Gasteiger partial charge in [-0.25, -0.2) is 4.79 Å². The van der Waals surface area contributed by atoms with Crippen LogP contribution in [-0.2, 0) is 19.1 Å². The van der Waals surface area contributed by atoms with Crippen molar-refractivity contribution in [1.29, 1.82) is 0 Å². The van der Waals surface area contributed by atoms with Gasteiger partial charge in [0.25, 0.3) is 0 Å². The summed E-state index contributed by atoms with van der Waals surface area (Å²) in [6.45, 7) is 3.91. The van der Waals surface area contributed by atoms with Gasteiger partial charge in [0.05, 0.1) is 6.61 Å². The van der Waals surface area contributed by atoms with Gasteiger partial charge < -0.3 is 9.47 Å². The van der Waals surface area contributed by atoms with Crippen molar-refractivity contribution < 1.29 is 19.1 Å². The maximum atomic E-state index is 11.0. The van der Waals surface area contributed by atoms with Crippen molar-refractivity contribution in [3.05, 3.63) is 12.2 Å². The first-order chi connectivity index (χ1) is 6.56. The van der Waals surface area contributed by atoms with Crippen LogP contribution >= 0.6 is 0 Å². The lowest BCUT2D eigenvalue weighted by molar-refractivity contribution is -0.149. The summed E-state index contributed by atoms with van der Waals surface area (Å²) >= 11 is 0. The minimum atomic E-state index is -0.635. The number of rotatable bonds is 4. The van der Waals surface area contributed by atoms with Gasteiger partial charge in [-0.3, -0.25) is 4.79 Å². The lowest BCUT2D eigenvalue weighted by atomic mass is 10.0. The molecule has 0 N–H and O–H groups in total. The zero-order chi connectivity index (χ0) is 10.6. The molecular formula is C10H14O4. The second-order valence-corrected chi connectivity index (χ2v) is 3.37. The normalized spacial score (nSPS) is 24.9. The standard InChI is InChI=1S/C10H14O4/c1-3-13-8(11)4-6-10(2)7-5-9(12)14-10/h5,7H,3-4,6H2,1-2H3. The van der Waals surface area contributed by atoms with E-state index in [0.717, 1.165) is 0 Å². The summed E-state index contributed by atoms with van der Waals surface area (Å²) in [5, 5.41) is 0. The van der Waals surface area contributed by atoms with Crippen molar-refractivity contribution in [2.45, 2.75) is 32.3 Å². The molecule has 0 spiro atoms. The van der Waals surface area contributed by atoms with Gasteiger partial charge in [-0.15, -0.1) is 0 Å². The molecule has 0 fully saturated rings. The topological polar surface area (TPSA) is 52.6 Å². The van der Waals surface area contributed by atoms with E-state index in [4.69, 9.17) is 9.47 Å². The van der Waals surface area contributed by atoms with Crippen LogP contribution in [0.5, 0.6) is 0 Å². The average Bonchev–Trinajstić information content (AvgIpc) is 2.45. The van der Waals surface area contributed by atoms with Gasteiger partial charge in [0.2, 0.25) is 0 Å². The van der Waals surface area contributed by atoms with Crippen molar-refractivity contribution in [3.8, 4) is 0 Å². The van der Waals surface area contributed by atoms with Gasteiger partial charge in [-0.2, -0.15) is 0 Å². The highest BCUT2D eigenvalue weighted by atomic mass is 16.6. The van der Waals surface area contributed by atoms with Crippen LogP contribution in [0, 0.1) is 0 Å². The van der Waals surface area contributed by atoms with Gasteiger partial charge in [0.15, 0.2) is 0 Å². The van der Waals surface area contributed by atoms with E-state index < -0.39 is 5.60 Å². The molecule has 0 saturated carbocycles. The maximum absolute atomic E-state index is 11.0. The highest BCUT2D eigenvalue weighted by Gasteiger charge is 2.30. The van der Waals surface area contributed by atoms with Crippen molar-refractivity contribution in [2.24, 2.45) is 0 Å². The molecule has 0 saturated heterocycles. The maximum Gasteiger partial charge on any atom is 0.331 e. The smallest absolute Gasteiger partial charge is 0.331 e. The fourth-order valence-electron chi connectivity index (χ4n) is 1.26. The molecule has 0 amide bonds. The van der Waals surface area contributed by atoms with E-state index in [1.54, 1.807) is 19.9 Å².